The SMILES string of the molecule is CC(C)(C)OC(=O)N1CC[C@H](O)C1.Cc1cc(N)cc(N2CC[C@H](O)C2)n1.Cc1cc([N+](=O)[O-])cc(Br)n1.Cc1cc([N+](=O)[O-])cc(N2CC[C@H](O)C2)n1.O[C@H]1CC[N+](=CI)C1.O[C@H]1CC[N+](=CI)C1. The Bertz CT molecular complexity index is 2190. The Balaban J connectivity index is 0.000000226. The second kappa shape index (κ2) is 29.5. The van der Waals surface area contributed by atoms with Crippen LogP contribution in [0.4, 0.5) is 33.5 Å². The molecule has 22 nitrogen and oxygen atoms in total. The van der Waals surface area contributed by atoms with Crippen LogP contribution in [0.1, 0.15) is 70.0 Å². The fourth-order valence-electron chi connectivity index (χ4n) is 7.30. The van der Waals surface area contributed by atoms with Gasteiger partial charge in [0.15, 0.2) is 21.5 Å². The summed E-state index contributed by atoms with van der Waals surface area (Å²) in [5, 5.41) is 66.9. The van der Waals surface area contributed by atoms with Crippen molar-refractivity contribution < 1.29 is 54.1 Å². The second-order valence-electron chi connectivity index (χ2n) is 18.2. The van der Waals surface area contributed by atoms with Crippen LogP contribution in [0.25, 0.3) is 0 Å². The van der Waals surface area contributed by atoms with Gasteiger partial charge in [0.25, 0.3) is 11.4 Å². The zero-order chi connectivity index (χ0) is 52.3. The van der Waals surface area contributed by atoms with Crippen LogP contribution in [-0.2, 0) is 4.74 Å². The van der Waals surface area contributed by atoms with Gasteiger partial charge in [-0.2, -0.15) is 0 Å². The van der Waals surface area contributed by atoms with E-state index in [1.165, 1.54) is 29.2 Å². The molecule has 3 aromatic rings. The molecule has 0 bridgehead atoms. The molecule has 5 atom stereocenters. The van der Waals surface area contributed by atoms with Gasteiger partial charge in [-0.05, 0) is 82.8 Å². The third-order valence-corrected chi connectivity index (χ3v) is 12.7. The van der Waals surface area contributed by atoms with Gasteiger partial charge in [-0.3, -0.25) is 20.2 Å². The summed E-state index contributed by atoms with van der Waals surface area (Å²) in [6.45, 7) is 18.2. The Morgan fingerprint density at radius 1 is 0.700 bits per heavy atom. The molecule has 0 saturated carbocycles. The predicted octanol–water partition coefficient (Wildman–Crippen LogP) is 4.91. The van der Waals surface area contributed by atoms with Crippen LogP contribution < -0.4 is 15.5 Å². The molecule has 70 heavy (non-hydrogen) atoms. The number of nitrogens with two attached hydrogens (primary N) is 1. The Kier molecular flexibility index (Phi) is 25.4. The summed E-state index contributed by atoms with van der Waals surface area (Å²) in [7, 11) is 0. The number of aromatic nitrogens is 3. The van der Waals surface area contributed by atoms with Gasteiger partial charge in [0, 0.05) is 144 Å². The summed E-state index contributed by atoms with van der Waals surface area (Å²) in [6.07, 6.45) is 2.55. The number of anilines is 3. The van der Waals surface area contributed by atoms with Crippen LogP contribution in [0, 0.1) is 41.0 Å². The normalized spacial score (nSPS) is 22.6. The molecule has 0 spiro atoms. The Hall–Kier alpha value is -4.00. The molecule has 3 aromatic heterocycles. The van der Waals surface area contributed by atoms with Gasteiger partial charge in [0.2, 0.25) is 0 Å². The molecular formula is C45H68BrI2N11O11+2. The number of ether oxygens (including phenoxy) is 1. The van der Waals surface area contributed by atoms with Crippen molar-refractivity contribution in [2.24, 2.45) is 0 Å². The van der Waals surface area contributed by atoms with E-state index in [1.807, 2.05) is 53.2 Å². The number of nitrogens with zero attached hydrogens (tertiary/aromatic N) is 10. The molecule has 8 rings (SSSR count). The number of aryl methyl sites for hydroxylation is 3. The van der Waals surface area contributed by atoms with Crippen LogP contribution in [0.3, 0.4) is 0 Å². The number of pyridine rings is 3. The fraction of sp³-hybridized carbons (Fsp3) is 0.600. The highest BCUT2D eigenvalue weighted by atomic mass is 127. The summed E-state index contributed by atoms with van der Waals surface area (Å²) >= 11 is 7.44. The van der Waals surface area contributed by atoms with Crippen LogP contribution in [-0.4, -0.2) is 180 Å². The molecule has 388 valence electrons. The highest BCUT2D eigenvalue weighted by Gasteiger charge is 2.29. The maximum atomic E-state index is 11.4. The summed E-state index contributed by atoms with van der Waals surface area (Å²) < 4.78 is 13.9. The number of nitro groups is 2. The molecular weight excluding hydrogens is 1200 g/mol. The zero-order valence-corrected chi connectivity index (χ0v) is 46.4. The van der Waals surface area contributed by atoms with Gasteiger partial charge in [0.05, 0.1) is 34.2 Å². The standard InChI is InChI=1S/C10H13N3O3.C10H15N3O.C9H17NO3.C6H5BrN2O2.2C5H9INO/c1-7-4-8(13(15)16)5-10(11-7)12-3-2-9(14)6-12;1-7-4-8(11)5-10(12-7)13-3-2-9(14)6-13;1-9(2,3)13-8(12)10-5-4-7(11)6-10;1-4-2-5(9(10)11)3-6(7)8-4;2*6-4-7-2-1-5(8)3-7/h4-5,9,14H,2-3,6H2,1H3;4-5,9,14H,2-3,6H2,1H3,(H2,11,12);7,11H,4-6H2,1-3H3;2-3H,1H3;2*4-5,8H,1-3H2/q;;;;2*+1/t2*9-;7-;;2*5-/m000.00/s1. The van der Waals surface area contributed by atoms with Crippen LogP contribution >= 0.6 is 61.1 Å². The van der Waals surface area contributed by atoms with Crippen molar-refractivity contribution in [3.05, 3.63) is 78.3 Å². The fourth-order valence-corrected chi connectivity index (χ4v) is 8.83. The van der Waals surface area contributed by atoms with E-state index in [0.29, 0.717) is 67.4 Å². The lowest BCUT2D eigenvalue weighted by atomic mass is 10.2. The molecule has 5 aliphatic rings. The third kappa shape index (κ3) is 22.6. The first-order chi connectivity index (χ1) is 32.8. The van der Waals surface area contributed by atoms with E-state index < -0.39 is 15.4 Å². The predicted molar refractivity (Wildman–Crippen MR) is 288 cm³/mol. The van der Waals surface area contributed by atoms with Gasteiger partial charge in [-0.25, -0.2) is 28.9 Å². The highest BCUT2D eigenvalue weighted by molar-refractivity contribution is 14.1. The lowest BCUT2D eigenvalue weighted by Gasteiger charge is -2.24. The van der Waals surface area contributed by atoms with Crippen molar-refractivity contribution in [3.63, 3.8) is 0 Å². The number of carbonyl (C=O) groups is 1. The minimum atomic E-state index is -0.454. The number of rotatable bonds is 4. The first kappa shape index (κ1) is 60.3. The van der Waals surface area contributed by atoms with E-state index in [9.17, 15) is 40.3 Å². The molecule has 0 aromatic carbocycles. The average molecular weight is 1270 g/mol. The summed E-state index contributed by atoms with van der Waals surface area (Å²) in [4.78, 5) is 49.5. The van der Waals surface area contributed by atoms with Gasteiger partial charge >= 0.3 is 6.09 Å². The van der Waals surface area contributed by atoms with Crippen molar-refractivity contribution >= 4 is 104 Å². The molecule has 5 saturated heterocycles. The van der Waals surface area contributed by atoms with Crippen LogP contribution in [0.5, 0.6) is 0 Å². The van der Waals surface area contributed by atoms with E-state index in [-0.39, 0.29) is 48.0 Å². The van der Waals surface area contributed by atoms with Gasteiger partial charge in [-0.15, -0.1) is 0 Å². The number of aliphatic hydroxyl groups excluding tert-OH is 5. The topological polar surface area (TPSA) is 294 Å². The monoisotopic (exact) mass is 1270 g/mol. The molecule has 5 aliphatic heterocycles. The average Bonchev–Trinajstić information content (AvgIpc) is 4.14. The molecule has 1 amide bonds. The van der Waals surface area contributed by atoms with Crippen molar-refractivity contribution in [1.29, 1.82) is 0 Å². The molecule has 0 aliphatic carbocycles. The summed E-state index contributed by atoms with van der Waals surface area (Å²) in [5.41, 5.74) is 8.28. The number of likely N-dealkylation sites (tertiary alicyclic amines) is 1. The van der Waals surface area contributed by atoms with E-state index in [4.69, 9.17) is 20.7 Å². The van der Waals surface area contributed by atoms with Gasteiger partial charge < -0.3 is 50.7 Å². The van der Waals surface area contributed by atoms with E-state index in [0.717, 1.165) is 69.2 Å². The first-order valence-corrected chi connectivity index (χ1v) is 26.0. The van der Waals surface area contributed by atoms with Crippen molar-refractivity contribution in [2.45, 2.75) is 110 Å². The van der Waals surface area contributed by atoms with Crippen LogP contribution in [0.15, 0.2) is 41.0 Å². The van der Waals surface area contributed by atoms with Gasteiger partial charge in [0.1, 0.15) is 47.1 Å². The second-order valence-corrected chi connectivity index (χ2v) is 20.2. The Morgan fingerprint density at radius 3 is 1.47 bits per heavy atom. The van der Waals surface area contributed by atoms with Crippen molar-refractivity contribution in [1.82, 2.24) is 19.9 Å². The molecule has 7 N–H and O–H groups in total. The van der Waals surface area contributed by atoms with E-state index in [1.54, 1.807) is 13.8 Å². The first-order valence-electron chi connectivity index (χ1n) is 22.7. The Labute approximate surface area is 444 Å². The Morgan fingerprint density at radius 2 is 1.13 bits per heavy atom. The number of hydrogen-bond donors (Lipinski definition) is 6. The third-order valence-electron chi connectivity index (χ3n) is 10.7. The van der Waals surface area contributed by atoms with Crippen molar-refractivity contribution in [3.8, 4) is 0 Å². The molecule has 5 fully saturated rings. The van der Waals surface area contributed by atoms with E-state index in [2.05, 4.69) is 90.1 Å². The molecule has 25 heteroatoms. The molecule has 0 unspecified atom stereocenters. The number of β-amino-alcohol motifs (C(OH)–C–C–N with tert-alkyl or cyclic N) is 5. The molecule has 8 heterocycles. The highest BCUT2D eigenvalue weighted by Crippen LogP contribution is 2.24. The maximum Gasteiger partial charge on any atom is 0.410 e. The largest absolute Gasteiger partial charge is 0.444 e. The van der Waals surface area contributed by atoms with E-state index >= 15 is 0 Å². The van der Waals surface area contributed by atoms with Crippen LogP contribution in [0.2, 0.25) is 0 Å². The summed E-state index contributed by atoms with van der Waals surface area (Å²) in [6, 6.07) is 9.37. The smallest absolute Gasteiger partial charge is 0.410 e. The number of hydrogen-bond acceptors (Lipinski definition) is 17. The lowest BCUT2D eigenvalue weighted by molar-refractivity contribution is -0.501. The minimum Gasteiger partial charge on any atom is -0.444 e. The maximum absolute atomic E-state index is 11.4. The quantitative estimate of drug-likeness (QED) is 0.0665. The zero-order valence-electron chi connectivity index (χ0n) is 40.5. The number of nitrogen functional groups attached to an aromatic ring is 1. The number of aliphatic hydroxyl groups is 5. The molecule has 0 radical (unpaired) electrons. The minimum absolute atomic E-state index is 0.0453. The summed E-state index contributed by atoms with van der Waals surface area (Å²) in [5.74, 6) is 1.45. The lowest BCUT2D eigenvalue weighted by Crippen LogP contribution is -2.35. The number of halogens is 3. The van der Waals surface area contributed by atoms with Gasteiger partial charge in [-0.1, -0.05) is 0 Å². The number of carbonyl (C=O) groups excluding carboxylic acids is 1. The van der Waals surface area contributed by atoms with Crippen molar-refractivity contribution in [2.75, 3.05) is 81.0 Å². The number of amides is 1.